The quantitative estimate of drug-likeness (QED) is 0.738. The molecule has 0 bridgehead atoms. The van der Waals surface area contributed by atoms with E-state index in [0.717, 1.165) is 5.56 Å². The van der Waals surface area contributed by atoms with Crippen LogP contribution in [0.5, 0.6) is 0 Å². The van der Waals surface area contributed by atoms with Crippen LogP contribution in [0.3, 0.4) is 0 Å². The van der Waals surface area contributed by atoms with E-state index in [1.54, 1.807) is 31.2 Å². The Morgan fingerprint density at radius 1 is 1.36 bits per heavy atom. The molecule has 1 atom stereocenters. The molecule has 112 valence electrons. The predicted octanol–water partition coefficient (Wildman–Crippen LogP) is 3.00. The highest BCUT2D eigenvalue weighted by molar-refractivity contribution is 6.31. The van der Waals surface area contributed by atoms with Crippen molar-refractivity contribution in [1.29, 1.82) is 0 Å². The van der Waals surface area contributed by atoms with Gasteiger partial charge >= 0.3 is 5.97 Å². The van der Waals surface area contributed by atoms with E-state index in [0.29, 0.717) is 27.1 Å². The topological polar surface area (TPSA) is 71.7 Å². The average Bonchev–Trinajstić information content (AvgIpc) is 2.48. The molecule has 3 aromatic rings. The van der Waals surface area contributed by atoms with E-state index in [1.165, 1.54) is 10.6 Å². The van der Waals surface area contributed by atoms with Crippen LogP contribution in [0.25, 0.3) is 16.6 Å². The van der Waals surface area contributed by atoms with Gasteiger partial charge < -0.3 is 5.11 Å². The van der Waals surface area contributed by atoms with Crippen molar-refractivity contribution in [2.45, 2.75) is 19.8 Å². The lowest BCUT2D eigenvalue weighted by Gasteiger charge is -2.09. The molecule has 0 saturated heterocycles. The number of rotatable bonds is 2. The lowest BCUT2D eigenvalue weighted by molar-refractivity contribution is -0.138. The molecular weight excluding hydrogens is 304 g/mol. The Hall–Kier alpha value is -2.40. The number of benzene rings is 1. The minimum absolute atomic E-state index is 0.263. The zero-order valence-corrected chi connectivity index (χ0v) is 12.8. The molecule has 0 aliphatic heterocycles. The second-order valence-electron chi connectivity index (χ2n) is 5.29. The molecule has 2 aromatic heterocycles. The van der Waals surface area contributed by atoms with Gasteiger partial charge in [-0.3, -0.25) is 14.0 Å². The van der Waals surface area contributed by atoms with E-state index in [-0.39, 0.29) is 5.56 Å². The summed E-state index contributed by atoms with van der Waals surface area (Å²) in [4.78, 5) is 28.2. The average molecular weight is 317 g/mol. The van der Waals surface area contributed by atoms with Crippen molar-refractivity contribution in [3.8, 4) is 0 Å². The second-order valence-corrected chi connectivity index (χ2v) is 5.69. The van der Waals surface area contributed by atoms with Crippen LogP contribution in [0.15, 0.2) is 35.3 Å². The first-order valence-electron chi connectivity index (χ1n) is 6.73. The minimum atomic E-state index is -0.938. The molecule has 0 radical (unpaired) electrons. The predicted molar refractivity (Wildman–Crippen MR) is 84.8 cm³/mol. The molecule has 1 unspecified atom stereocenters. The standard InChI is InChI=1S/C16H13ClN2O3/c1-8-5-14-18-13-4-3-10(9(2)16(21)22)6-11(13)15(20)19(14)7-12(8)17/h3-7,9H,1-2H3,(H,21,22). The fraction of sp³-hybridized carbons (Fsp3) is 0.188. The Bertz CT molecular complexity index is 978. The van der Waals surface area contributed by atoms with Crippen molar-refractivity contribution in [3.63, 3.8) is 0 Å². The largest absolute Gasteiger partial charge is 0.481 e. The van der Waals surface area contributed by atoms with Crippen molar-refractivity contribution < 1.29 is 9.90 Å². The Morgan fingerprint density at radius 3 is 2.77 bits per heavy atom. The maximum Gasteiger partial charge on any atom is 0.310 e. The van der Waals surface area contributed by atoms with Gasteiger partial charge in [-0.05, 0) is 43.2 Å². The summed E-state index contributed by atoms with van der Waals surface area (Å²) >= 11 is 6.07. The van der Waals surface area contributed by atoms with Crippen LogP contribution in [0.2, 0.25) is 5.02 Å². The van der Waals surface area contributed by atoms with Crippen molar-refractivity contribution >= 4 is 34.1 Å². The SMILES string of the molecule is Cc1cc2nc3ccc(C(C)C(=O)O)cc3c(=O)n2cc1Cl. The highest BCUT2D eigenvalue weighted by Crippen LogP contribution is 2.21. The summed E-state index contributed by atoms with van der Waals surface area (Å²) in [6, 6.07) is 6.70. The Balaban J connectivity index is 2.35. The van der Waals surface area contributed by atoms with Gasteiger partial charge in [0.05, 0.1) is 21.8 Å². The third-order valence-electron chi connectivity index (χ3n) is 3.79. The molecule has 5 nitrogen and oxygen atoms in total. The van der Waals surface area contributed by atoms with Gasteiger partial charge in [-0.25, -0.2) is 4.98 Å². The van der Waals surface area contributed by atoms with E-state index in [1.807, 2.05) is 6.92 Å². The van der Waals surface area contributed by atoms with Crippen LogP contribution >= 0.6 is 11.6 Å². The third-order valence-corrected chi connectivity index (χ3v) is 4.18. The number of carboxylic acids is 1. The maximum absolute atomic E-state index is 12.6. The smallest absolute Gasteiger partial charge is 0.310 e. The van der Waals surface area contributed by atoms with Crippen molar-refractivity contribution in [1.82, 2.24) is 9.38 Å². The molecule has 1 aromatic carbocycles. The van der Waals surface area contributed by atoms with Gasteiger partial charge in [-0.1, -0.05) is 17.7 Å². The summed E-state index contributed by atoms with van der Waals surface area (Å²) in [7, 11) is 0. The number of aliphatic carboxylic acids is 1. The third kappa shape index (κ3) is 2.23. The second kappa shape index (κ2) is 5.10. The number of carboxylic acid groups (broad SMARTS) is 1. The lowest BCUT2D eigenvalue weighted by Crippen LogP contribution is -2.16. The summed E-state index contributed by atoms with van der Waals surface area (Å²) in [5.41, 5.74) is 2.19. The minimum Gasteiger partial charge on any atom is -0.481 e. The highest BCUT2D eigenvalue weighted by Gasteiger charge is 2.15. The van der Waals surface area contributed by atoms with Crippen LogP contribution in [0.4, 0.5) is 0 Å². The van der Waals surface area contributed by atoms with Crippen LogP contribution < -0.4 is 5.56 Å². The van der Waals surface area contributed by atoms with E-state index in [4.69, 9.17) is 16.7 Å². The van der Waals surface area contributed by atoms with Crippen LogP contribution in [-0.2, 0) is 4.79 Å². The van der Waals surface area contributed by atoms with Gasteiger partial charge in [0.1, 0.15) is 5.65 Å². The number of nitrogens with zero attached hydrogens (tertiary/aromatic N) is 2. The zero-order valence-electron chi connectivity index (χ0n) is 12.0. The molecule has 0 spiro atoms. The number of aryl methyl sites for hydroxylation is 1. The normalized spacial score (nSPS) is 12.7. The molecule has 2 heterocycles. The molecule has 22 heavy (non-hydrogen) atoms. The molecule has 0 aliphatic carbocycles. The van der Waals surface area contributed by atoms with E-state index >= 15 is 0 Å². The summed E-state index contributed by atoms with van der Waals surface area (Å²) < 4.78 is 1.38. The maximum atomic E-state index is 12.6. The van der Waals surface area contributed by atoms with Gasteiger partial charge in [0, 0.05) is 6.20 Å². The van der Waals surface area contributed by atoms with Gasteiger partial charge in [0.2, 0.25) is 0 Å². The summed E-state index contributed by atoms with van der Waals surface area (Å²) in [6.07, 6.45) is 1.54. The van der Waals surface area contributed by atoms with Crippen LogP contribution in [-0.4, -0.2) is 20.5 Å². The summed E-state index contributed by atoms with van der Waals surface area (Å²) in [5.74, 6) is -1.63. The number of hydrogen-bond acceptors (Lipinski definition) is 3. The van der Waals surface area contributed by atoms with Gasteiger partial charge in [0.15, 0.2) is 0 Å². The Kier molecular flexibility index (Phi) is 3.37. The fourth-order valence-electron chi connectivity index (χ4n) is 2.35. The molecule has 3 rings (SSSR count). The molecule has 6 heteroatoms. The molecular formula is C16H13ClN2O3. The van der Waals surface area contributed by atoms with E-state index < -0.39 is 11.9 Å². The first-order valence-corrected chi connectivity index (χ1v) is 7.11. The number of pyridine rings is 1. The van der Waals surface area contributed by atoms with Crippen molar-refractivity contribution in [2.75, 3.05) is 0 Å². The lowest BCUT2D eigenvalue weighted by atomic mass is 10.00. The first-order chi connectivity index (χ1) is 10.4. The van der Waals surface area contributed by atoms with Gasteiger partial charge in [-0.2, -0.15) is 0 Å². The molecule has 0 fully saturated rings. The molecule has 1 N–H and O–H groups in total. The Labute approximate surface area is 130 Å². The number of halogens is 1. The van der Waals surface area contributed by atoms with Crippen LogP contribution in [0, 0.1) is 6.92 Å². The first kappa shape index (κ1) is 14.5. The molecule has 0 aliphatic rings. The molecule has 0 saturated carbocycles. The Morgan fingerprint density at radius 2 is 2.09 bits per heavy atom. The van der Waals surface area contributed by atoms with E-state index in [9.17, 15) is 9.59 Å². The zero-order chi connectivity index (χ0) is 16.0. The van der Waals surface area contributed by atoms with Crippen molar-refractivity contribution in [2.24, 2.45) is 0 Å². The fourth-order valence-corrected chi connectivity index (χ4v) is 2.50. The number of carbonyl (C=O) groups is 1. The summed E-state index contributed by atoms with van der Waals surface area (Å²) in [6.45, 7) is 3.42. The monoisotopic (exact) mass is 316 g/mol. The van der Waals surface area contributed by atoms with Crippen molar-refractivity contribution in [3.05, 3.63) is 57.0 Å². The van der Waals surface area contributed by atoms with Crippen LogP contribution in [0.1, 0.15) is 24.0 Å². The summed E-state index contributed by atoms with van der Waals surface area (Å²) in [5, 5.41) is 9.95. The van der Waals surface area contributed by atoms with Gasteiger partial charge in [0.25, 0.3) is 5.56 Å². The number of hydrogen-bond donors (Lipinski definition) is 1. The highest BCUT2D eigenvalue weighted by atomic mass is 35.5. The van der Waals surface area contributed by atoms with Gasteiger partial charge in [-0.15, -0.1) is 0 Å². The number of fused-ring (bicyclic) bond motifs is 2. The number of aromatic nitrogens is 2. The molecule has 0 amide bonds. The van der Waals surface area contributed by atoms with E-state index in [2.05, 4.69) is 4.98 Å².